The van der Waals surface area contributed by atoms with E-state index in [9.17, 15) is 0 Å². The summed E-state index contributed by atoms with van der Waals surface area (Å²) in [6, 6.07) is 15.4. The van der Waals surface area contributed by atoms with Crippen LogP contribution in [0, 0.1) is 6.92 Å². The molecule has 0 radical (unpaired) electrons. The lowest BCUT2D eigenvalue weighted by Crippen LogP contribution is -1.93. The molecule has 0 spiro atoms. The zero-order valence-corrected chi connectivity index (χ0v) is 12.9. The van der Waals surface area contributed by atoms with Crippen molar-refractivity contribution in [2.24, 2.45) is 0 Å². The summed E-state index contributed by atoms with van der Waals surface area (Å²) in [6.07, 6.45) is 2.34. The first-order valence-electron chi connectivity index (χ1n) is 6.98. The topological polar surface area (TPSA) is 0 Å². The highest BCUT2D eigenvalue weighted by atomic mass is 35.5. The molecule has 0 saturated heterocycles. The molecule has 1 unspecified atom stereocenters. The monoisotopic (exact) mass is 298 g/mol. The molecule has 100 valence electrons. The summed E-state index contributed by atoms with van der Waals surface area (Å²) in [5.74, 6) is 0. The van der Waals surface area contributed by atoms with Gasteiger partial charge in [0.05, 0.1) is 5.38 Å². The number of alkyl halides is 1. The van der Waals surface area contributed by atoms with E-state index < -0.39 is 0 Å². The average Bonchev–Trinajstić information content (AvgIpc) is 3.07. The fourth-order valence-corrected chi connectivity index (χ4v) is 4.50. The van der Waals surface area contributed by atoms with E-state index in [0.29, 0.717) is 0 Å². The highest BCUT2D eigenvalue weighted by Gasteiger charge is 2.20. The molecule has 2 heteroatoms. The molecule has 0 aliphatic heterocycles. The quantitative estimate of drug-likeness (QED) is 0.537. The Labute approximate surface area is 128 Å². The summed E-state index contributed by atoms with van der Waals surface area (Å²) in [4.78, 5) is 2.56. The third-order valence-corrected chi connectivity index (χ3v) is 5.86. The van der Waals surface area contributed by atoms with Crippen molar-refractivity contribution in [3.8, 4) is 0 Å². The molecule has 3 aromatic rings. The van der Waals surface area contributed by atoms with E-state index in [0.717, 1.165) is 0 Å². The van der Waals surface area contributed by atoms with Gasteiger partial charge in [-0.3, -0.25) is 0 Å². The zero-order chi connectivity index (χ0) is 13.7. The molecule has 0 amide bonds. The summed E-state index contributed by atoms with van der Waals surface area (Å²) >= 11 is 8.55. The third kappa shape index (κ3) is 1.81. The fraction of sp³-hybridized carbons (Fsp3) is 0.222. The Morgan fingerprint density at radius 3 is 2.55 bits per heavy atom. The van der Waals surface area contributed by atoms with E-state index in [1.165, 1.54) is 50.1 Å². The van der Waals surface area contributed by atoms with Crippen LogP contribution in [0.2, 0.25) is 0 Å². The van der Waals surface area contributed by atoms with Crippen molar-refractivity contribution in [2.75, 3.05) is 0 Å². The molecule has 1 heterocycles. The molecule has 0 fully saturated rings. The molecular formula is C18H15ClS. The minimum absolute atomic E-state index is 0.0430. The van der Waals surface area contributed by atoms with Crippen LogP contribution in [0.5, 0.6) is 0 Å². The number of rotatable bonds is 2. The van der Waals surface area contributed by atoms with Crippen LogP contribution in [0.4, 0.5) is 0 Å². The van der Waals surface area contributed by atoms with Crippen LogP contribution in [-0.4, -0.2) is 0 Å². The van der Waals surface area contributed by atoms with Gasteiger partial charge in [0.1, 0.15) is 0 Å². The molecule has 1 aliphatic carbocycles. The molecule has 0 saturated carbocycles. The second-order valence-electron chi connectivity index (χ2n) is 5.46. The van der Waals surface area contributed by atoms with Crippen LogP contribution in [-0.2, 0) is 12.8 Å². The van der Waals surface area contributed by atoms with Gasteiger partial charge in [-0.05, 0) is 59.4 Å². The minimum Gasteiger partial charge on any atom is -0.144 e. The Hall–Kier alpha value is -1.31. The molecule has 2 aromatic carbocycles. The first kappa shape index (κ1) is 12.4. The standard InChI is InChI=1S/C18H15ClS/c1-11-5-10-16(20-11)18(19)15-9-8-13-7-6-12-3-2-4-14(15)17(12)13/h2-5,8-10,18H,6-7H2,1H3. The van der Waals surface area contributed by atoms with Gasteiger partial charge in [0.15, 0.2) is 0 Å². The average molecular weight is 299 g/mol. The number of halogens is 1. The lowest BCUT2D eigenvalue weighted by atomic mass is 9.97. The fourth-order valence-electron chi connectivity index (χ4n) is 3.23. The second-order valence-corrected chi connectivity index (χ2v) is 7.22. The SMILES string of the molecule is Cc1ccc(C(Cl)c2ccc3c4c(cccc24)CC3)s1. The minimum atomic E-state index is -0.0430. The Balaban J connectivity index is 1.93. The highest BCUT2D eigenvalue weighted by molar-refractivity contribution is 7.12. The normalized spacial score (nSPS) is 14.9. The lowest BCUT2D eigenvalue weighted by molar-refractivity contribution is 1.02. The van der Waals surface area contributed by atoms with Crippen LogP contribution in [0.3, 0.4) is 0 Å². The Kier molecular flexibility index (Phi) is 2.87. The number of aryl methyl sites for hydroxylation is 3. The predicted octanol–water partition coefficient (Wildman–Crippen LogP) is 5.64. The van der Waals surface area contributed by atoms with Gasteiger partial charge in [-0.25, -0.2) is 0 Å². The largest absolute Gasteiger partial charge is 0.144 e. The molecular weight excluding hydrogens is 284 g/mol. The predicted molar refractivity (Wildman–Crippen MR) is 88.1 cm³/mol. The number of hydrogen-bond acceptors (Lipinski definition) is 1. The van der Waals surface area contributed by atoms with Crippen molar-refractivity contribution in [3.05, 3.63) is 68.9 Å². The van der Waals surface area contributed by atoms with Crippen molar-refractivity contribution in [1.82, 2.24) is 0 Å². The number of thiophene rings is 1. The molecule has 0 N–H and O–H groups in total. The van der Waals surface area contributed by atoms with E-state index in [1.54, 1.807) is 11.3 Å². The van der Waals surface area contributed by atoms with E-state index >= 15 is 0 Å². The van der Waals surface area contributed by atoms with Gasteiger partial charge in [-0.1, -0.05) is 30.3 Å². The van der Waals surface area contributed by atoms with Crippen molar-refractivity contribution >= 4 is 33.7 Å². The number of hydrogen-bond donors (Lipinski definition) is 0. The van der Waals surface area contributed by atoms with E-state index in [2.05, 4.69) is 49.4 Å². The smallest absolute Gasteiger partial charge is 0.0933 e. The van der Waals surface area contributed by atoms with Crippen LogP contribution in [0.1, 0.15) is 31.8 Å². The third-order valence-electron chi connectivity index (χ3n) is 4.19. The van der Waals surface area contributed by atoms with Crippen LogP contribution >= 0.6 is 22.9 Å². The van der Waals surface area contributed by atoms with Crippen LogP contribution in [0.15, 0.2) is 42.5 Å². The first-order chi connectivity index (χ1) is 9.74. The first-order valence-corrected chi connectivity index (χ1v) is 8.23. The molecule has 1 aliphatic rings. The molecule has 0 nitrogen and oxygen atoms in total. The molecule has 4 rings (SSSR count). The second kappa shape index (κ2) is 4.61. The molecule has 0 bridgehead atoms. The Morgan fingerprint density at radius 1 is 1.00 bits per heavy atom. The van der Waals surface area contributed by atoms with Gasteiger partial charge < -0.3 is 0 Å². The molecule has 1 aromatic heterocycles. The zero-order valence-electron chi connectivity index (χ0n) is 11.3. The summed E-state index contributed by atoms with van der Waals surface area (Å²) < 4.78 is 0. The van der Waals surface area contributed by atoms with Gasteiger partial charge >= 0.3 is 0 Å². The van der Waals surface area contributed by atoms with Gasteiger partial charge in [0.2, 0.25) is 0 Å². The Bertz CT molecular complexity index is 790. The lowest BCUT2D eigenvalue weighted by Gasteiger charge is -2.13. The maximum absolute atomic E-state index is 6.76. The molecule has 20 heavy (non-hydrogen) atoms. The maximum atomic E-state index is 6.76. The summed E-state index contributed by atoms with van der Waals surface area (Å²) in [7, 11) is 0. The molecule has 1 atom stereocenters. The van der Waals surface area contributed by atoms with Gasteiger partial charge in [0.25, 0.3) is 0 Å². The van der Waals surface area contributed by atoms with E-state index in [-0.39, 0.29) is 5.38 Å². The van der Waals surface area contributed by atoms with Gasteiger partial charge in [0, 0.05) is 9.75 Å². The van der Waals surface area contributed by atoms with E-state index in [1.807, 2.05) is 0 Å². The van der Waals surface area contributed by atoms with Gasteiger partial charge in [-0.2, -0.15) is 0 Å². The van der Waals surface area contributed by atoms with Crippen LogP contribution < -0.4 is 0 Å². The van der Waals surface area contributed by atoms with E-state index in [4.69, 9.17) is 11.6 Å². The maximum Gasteiger partial charge on any atom is 0.0933 e. The highest BCUT2D eigenvalue weighted by Crippen LogP contribution is 2.40. The van der Waals surface area contributed by atoms with Crippen molar-refractivity contribution in [3.63, 3.8) is 0 Å². The Morgan fingerprint density at radius 2 is 1.80 bits per heavy atom. The van der Waals surface area contributed by atoms with Crippen molar-refractivity contribution < 1.29 is 0 Å². The summed E-state index contributed by atoms with van der Waals surface area (Å²) in [6.45, 7) is 2.13. The van der Waals surface area contributed by atoms with Crippen molar-refractivity contribution in [1.29, 1.82) is 0 Å². The summed E-state index contributed by atoms with van der Waals surface area (Å²) in [5.41, 5.74) is 4.20. The van der Waals surface area contributed by atoms with Crippen LogP contribution in [0.25, 0.3) is 10.8 Å². The summed E-state index contributed by atoms with van der Waals surface area (Å²) in [5, 5.41) is 2.74. The number of benzene rings is 2. The van der Waals surface area contributed by atoms with Gasteiger partial charge in [-0.15, -0.1) is 22.9 Å². The van der Waals surface area contributed by atoms with Crippen molar-refractivity contribution in [2.45, 2.75) is 25.1 Å².